The summed E-state index contributed by atoms with van der Waals surface area (Å²) in [4.78, 5) is 15.1. The van der Waals surface area contributed by atoms with Gasteiger partial charge < -0.3 is 4.74 Å². The first-order valence-electron chi connectivity index (χ1n) is 9.04. The number of amides is 1. The molecule has 0 aromatic heterocycles. The van der Waals surface area contributed by atoms with E-state index in [4.69, 9.17) is 4.74 Å². The molecule has 1 atom stereocenters. The summed E-state index contributed by atoms with van der Waals surface area (Å²) in [6.45, 7) is 1.88. The lowest BCUT2D eigenvalue weighted by molar-refractivity contribution is -0.127. The normalized spacial score (nSPS) is 16.3. The summed E-state index contributed by atoms with van der Waals surface area (Å²) in [5.41, 5.74) is 4.62. The van der Waals surface area contributed by atoms with Crippen LogP contribution in [0.3, 0.4) is 0 Å². The fourth-order valence-corrected chi connectivity index (χ4v) is 3.26. The van der Waals surface area contributed by atoms with Crippen molar-refractivity contribution in [2.75, 3.05) is 20.2 Å². The number of nitrogens with one attached hydrogen (secondary N) is 1. The second-order valence-corrected chi connectivity index (χ2v) is 6.42. The lowest BCUT2D eigenvalue weighted by Crippen LogP contribution is -2.41. The van der Waals surface area contributed by atoms with Crippen molar-refractivity contribution in [3.63, 3.8) is 0 Å². The van der Waals surface area contributed by atoms with Crippen LogP contribution in [0.15, 0.2) is 59.7 Å². The lowest BCUT2D eigenvalue weighted by atomic mass is 10.0. The molecule has 1 aliphatic rings. The minimum Gasteiger partial charge on any atom is -0.497 e. The maximum absolute atomic E-state index is 12.8. The van der Waals surface area contributed by atoms with Gasteiger partial charge >= 0.3 is 0 Å². The van der Waals surface area contributed by atoms with E-state index in [2.05, 4.69) is 15.4 Å². The number of benzene rings is 2. The molecule has 2 aromatic rings. The SMILES string of the molecule is COc1ccc(/C=N/NC(=O)C(c2ccccc2)N2CCCCC2)cc1. The van der Waals surface area contributed by atoms with Crippen LogP contribution in [0.25, 0.3) is 0 Å². The zero-order chi connectivity index (χ0) is 18.2. The monoisotopic (exact) mass is 351 g/mol. The van der Waals surface area contributed by atoms with E-state index in [0.29, 0.717) is 0 Å². The molecule has 3 rings (SSSR count). The number of hydrazone groups is 1. The highest BCUT2D eigenvalue weighted by Crippen LogP contribution is 2.24. The third-order valence-electron chi connectivity index (χ3n) is 4.62. The van der Waals surface area contributed by atoms with Gasteiger partial charge in [0.05, 0.1) is 13.3 Å². The number of hydrogen-bond acceptors (Lipinski definition) is 4. The van der Waals surface area contributed by atoms with Crippen LogP contribution >= 0.6 is 0 Å². The summed E-state index contributed by atoms with van der Waals surface area (Å²) in [5.74, 6) is 0.697. The van der Waals surface area contributed by atoms with Crippen molar-refractivity contribution in [1.82, 2.24) is 10.3 Å². The van der Waals surface area contributed by atoms with Crippen molar-refractivity contribution in [3.05, 3.63) is 65.7 Å². The number of likely N-dealkylation sites (tertiary alicyclic amines) is 1. The molecular weight excluding hydrogens is 326 g/mol. The predicted octanol–water partition coefficient (Wildman–Crippen LogP) is 3.37. The highest BCUT2D eigenvalue weighted by atomic mass is 16.5. The van der Waals surface area contributed by atoms with Crippen molar-refractivity contribution < 1.29 is 9.53 Å². The molecule has 1 aliphatic heterocycles. The van der Waals surface area contributed by atoms with Gasteiger partial charge in [-0.05, 0) is 61.3 Å². The first kappa shape index (κ1) is 18.1. The Kier molecular flexibility index (Phi) is 6.39. The summed E-state index contributed by atoms with van der Waals surface area (Å²) in [7, 11) is 1.63. The van der Waals surface area contributed by atoms with Gasteiger partial charge in [-0.25, -0.2) is 5.43 Å². The largest absolute Gasteiger partial charge is 0.497 e. The Morgan fingerprint density at radius 1 is 1.08 bits per heavy atom. The van der Waals surface area contributed by atoms with Crippen LogP contribution in [-0.2, 0) is 4.79 Å². The molecule has 1 N–H and O–H groups in total. The molecule has 26 heavy (non-hydrogen) atoms. The Morgan fingerprint density at radius 2 is 1.77 bits per heavy atom. The van der Waals surface area contributed by atoms with Gasteiger partial charge in [0, 0.05) is 0 Å². The molecule has 136 valence electrons. The van der Waals surface area contributed by atoms with Gasteiger partial charge in [-0.3, -0.25) is 9.69 Å². The van der Waals surface area contributed by atoms with E-state index in [1.165, 1.54) is 6.42 Å². The molecule has 0 saturated carbocycles. The summed E-state index contributed by atoms with van der Waals surface area (Å²) in [6, 6.07) is 17.1. The first-order valence-corrected chi connectivity index (χ1v) is 9.04. The Balaban J connectivity index is 1.69. The molecule has 1 heterocycles. The highest BCUT2D eigenvalue weighted by Gasteiger charge is 2.28. The number of piperidine rings is 1. The summed E-state index contributed by atoms with van der Waals surface area (Å²) < 4.78 is 5.14. The third kappa shape index (κ3) is 4.70. The van der Waals surface area contributed by atoms with E-state index in [9.17, 15) is 4.79 Å². The van der Waals surface area contributed by atoms with Gasteiger partial charge in [-0.2, -0.15) is 5.10 Å². The molecule has 1 amide bonds. The van der Waals surface area contributed by atoms with Gasteiger partial charge in [0.2, 0.25) is 0 Å². The zero-order valence-corrected chi connectivity index (χ0v) is 15.1. The molecule has 0 spiro atoms. The number of carbonyl (C=O) groups excluding carboxylic acids is 1. The highest BCUT2D eigenvalue weighted by molar-refractivity contribution is 5.85. The van der Waals surface area contributed by atoms with Gasteiger partial charge in [0.15, 0.2) is 0 Å². The Morgan fingerprint density at radius 3 is 2.42 bits per heavy atom. The van der Waals surface area contributed by atoms with E-state index in [1.807, 2.05) is 54.6 Å². The van der Waals surface area contributed by atoms with Gasteiger partial charge in [-0.15, -0.1) is 0 Å². The fraction of sp³-hybridized carbons (Fsp3) is 0.333. The molecular formula is C21H25N3O2. The molecule has 5 nitrogen and oxygen atoms in total. The van der Waals surface area contributed by atoms with Crippen LogP contribution in [0.2, 0.25) is 0 Å². The fourth-order valence-electron chi connectivity index (χ4n) is 3.26. The zero-order valence-electron chi connectivity index (χ0n) is 15.1. The average molecular weight is 351 g/mol. The molecule has 0 aliphatic carbocycles. The Labute approximate surface area is 154 Å². The molecule has 5 heteroatoms. The summed E-state index contributed by atoms with van der Waals surface area (Å²) in [6.07, 6.45) is 5.14. The van der Waals surface area contributed by atoms with Crippen LogP contribution in [0.5, 0.6) is 5.75 Å². The van der Waals surface area contributed by atoms with Crippen molar-refractivity contribution in [2.45, 2.75) is 25.3 Å². The number of methoxy groups -OCH3 is 1. The molecule has 2 aromatic carbocycles. The van der Waals surface area contributed by atoms with Crippen molar-refractivity contribution in [3.8, 4) is 5.75 Å². The predicted molar refractivity (Wildman–Crippen MR) is 103 cm³/mol. The lowest BCUT2D eigenvalue weighted by Gasteiger charge is -2.33. The van der Waals surface area contributed by atoms with Crippen LogP contribution in [0.1, 0.15) is 36.4 Å². The number of ether oxygens (including phenoxy) is 1. The first-order chi connectivity index (χ1) is 12.8. The average Bonchev–Trinajstić information content (AvgIpc) is 2.70. The number of carbonyl (C=O) groups is 1. The maximum Gasteiger partial charge on any atom is 0.262 e. The van der Waals surface area contributed by atoms with Gasteiger partial charge in [0.1, 0.15) is 11.8 Å². The van der Waals surface area contributed by atoms with E-state index in [1.54, 1.807) is 13.3 Å². The summed E-state index contributed by atoms with van der Waals surface area (Å²) in [5, 5.41) is 4.15. The molecule has 1 unspecified atom stereocenters. The van der Waals surface area contributed by atoms with E-state index in [0.717, 1.165) is 42.8 Å². The number of nitrogens with zero attached hydrogens (tertiary/aromatic N) is 2. The standard InChI is InChI=1S/C21H25N3O2/c1-26-19-12-10-17(11-13-19)16-22-23-21(25)20(18-8-4-2-5-9-18)24-14-6-3-7-15-24/h2,4-5,8-13,16,20H,3,6-7,14-15H2,1H3,(H,23,25)/b22-16+. The minimum atomic E-state index is -0.301. The number of rotatable bonds is 6. The van der Waals surface area contributed by atoms with Crippen LogP contribution in [-0.4, -0.2) is 37.2 Å². The maximum atomic E-state index is 12.8. The molecule has 1 saturated heterocycles. The van der Waals surface area contributed by atoms with E-state index in [-0.39, 0.29) is 11.9 Å². The van der Waals surface area contributed by atoms with E-state index >= 15 is 0 Å². The van der Waals surface area contributed by atoms with Crippen LogP contribution in [0, 0.1) is 0 Å². The van der Waals surface area contributed by atoms with Crippen molar-refractivity contribution >= 4 is 12.1 Å². The molecule has 0 bridgehead atoms. The molecule has 0 radical (unpaired) electrons. The third-order valence-corrected chi connectivity index (χ3v) is 4.62. The Bertz CT molecular complexity index is 723. The second kappa shape index (κ2) is 9.15. The minimum absolute atomic E-state index is 0.0946. The van der Waals surface area contributed by atoms with E-state index < -0.39 is 0 Å². The van der Waals surface area contributed by atoms with Crippen LogP contribution in [0.4, 0.5) is 0 Å². The van der Waals surface area contributed by atoms with Crippen molar-refractivity contribution in [1.29, 1.82) is 0 Å². The smallest absolute Gasteiger partial charge is 0.262 e. The van der Waals surface area contributed by atoms with Gasteiger partial charge in [0.25, 0.3) is 5.91 Å². The summed E-state index contributed by atoms with van der Waals surface area (Å²) >= 11 is 0. The second-order valence-electron chi connectivity index (χ2n) is 6.42. The van der Waals surface area contributed by atoms with Crippen molar-refractivity contribution in [2.24, 2.45) is 5.10 Å². The molecule has 1 fully saturated rings. The quantitative estimate of drug-likeness (QED) is 0.641. The van der Waals surface area contributed by atoms with Gasteiger partial charge in [-0.1, -0.05) is 36.8 Å². The number of hydrogen-bond donors (Lipinski definition) is 1. The van der Waals surface area contributed by atoms with Crippen LogP contribution < -0.4 is 10.2 Å². The Hall–Kier alpha value is -2.66. The topological polar surface area (TPSA) is 53.9 Å².